The predicted molar refractivity (Wildman–Crippen MR) is 150 cm³/mol. The van der Waals surface area contributed by atoms with Crippen molar-refractivity contribution >= 4 is 44.2 Å². The standard InChI is InChI=1S/C27H23ClF2N6O4S/c1-4-22(37)34-10-11-35(15(2)14-34)25-16-12-17(28)24(23-18(29)6-5-7-19(23)30)32-26(16)36(27(38)33-25)20-13-31-9-8-21(20)41(3,39)40/h4-9,12-13,15H,1,10-11,14H2,2-3H3/t15-/m0/s1. The molecule has 0 bridgehead atoms. The number of aromatic nitrogens is 4. The second-order valence-corrected chi connectivity index (χ2v) is 11.9. The number of fused-ring (bicyclic) bond motifs is 1. The summed E-state index contributed by atoms with van der Waals surface area (Å²) in [7, 11) is -3.86. The van der Waals surface area contributed by atoms with E-state index in [2.05, 4.69) is 21.5 Å². The van der Waals surface area contributed by atoms with E-state index in [4.69, 9.17) is 11.6 Å². The van der Waals surface area contributed by atoms with Gasteiger partial charge in [-0.15, -0.1) is 0 Å². The average Bonchev–Trinajstić information content (AvgIpc) is 2.92. The zero-order chi connectivity index (χ0) is 29.6. The SMILES string of the molecule is C=CC(=O)N1CCN(c2nc(=O)n(-c3cnccc3S(C)(=O)=O)c3nc(-c4c(F)cccc4F)c(Cl)cc23)[C@@H](C)C1. The minimum absolute atomic E-state index is 0.127. The molecule has 10 nitrogen and oxygen atoms in total. The fraction of sp³-hybridized carbons (Fsp3) is 0.222. The van der Waals surface area contributed by atoms with Crippen molar-refractivity contribution in [3.8, 4) is 16.9 Å². The zero-order valence-electron chi connectivity index (χ0n) is 21.9. The second kappa shape index (κ2) is 10.6. The Bertz CT molecular complexity index is 1880. The van der Waals surface area contributed by atoms with Crippen LogP contribution in [0.15, 0.2) is 65.1 Å². The van der Waals surface area contributed by atoms with Gasteiger partial charge in [0.25, 0.3) is 0 Å². The molecule has 0 unspecified atom stereocenters. The predicted octanol–water partition coefficient (Wildman–Crippen LogP) is 3.40. The molecule has 4 heterocycles. The van der Waals surface area contributed by atoms with Crippen LogP contribution in [0, 0.1) is 11.6 Å². The topological polar surface area (TPSA) is 118 Å². The molecule has 0 N–H and O–H groups in total. The first-order valence-corrected chi connectivity index (χ1v) is 14.6. The molecule has 0 aliphatic carbocycles. The lowest BCUT2D eigenvalue weighted by Crippen LogP contribution is -2.54. The summed E-state index contributed by atoms with van der Waals surface area (Å²) in [6.45, 7) is 6.26. The number of carbonyl (C=O) groups excluding carboxylic acids is 1. The molecule has 1 aromatic carbocycles. The highest BCUT2D eigenvalue weighted by Crippen LogP contribution is 2.36. The fourth-order valence-corrected chi connectivity index (χ4v) is 5.98. The van der Waals surface area contributed by atoms with Crippen LogP contribution in [-0.2, 0) is 14.6 Å². The van der Waals surface area contributed by atoms with Crippen LogP contribution >= 0.6 is 11.6 Å². The molecule has 4 aromatic rings. The molecule has 0 radical (unpaired) electrons. The van der Waals surface area contributed by atoms with Crippen LogP contribution in [0.25, 0.3) is 28.0 Å². The lowest BCUT2D eigenvalue weighted by atomic mass is 10.1. The Balaban J connectivity index is 1.83. The lowest BCUT2D eigenvalue weighted by molar-refractivity contribution is -0.126. The largest absolute Gasteiger partial charge is 0.355 e. The van der Waals surface area contributed by atoms with Gasteiger partial charge in [0.05, 0.1) is 38.4 Å². The van der Waals surface area contributed by atoms with Crippen molar-refractivity contribution in [1.82, 2.24) is 24.4 Å². The fourth-order valence-electron chi connectivity index (χ4n) is 4.90. The smallest absolute Gasteiger partial charge is 0.350 e. The van der Waals surface area contributed by atoms with Crippen molar-refractivity contribution in [3.05, 3.63) is 82.5 Å². The summed E-state index contributed by atoms with van der Waals surface area (Å²) in [6, 6.07) is 5.56. The number of piperazine rings is 1. The molecule has 1 aliphatic rings. The van der Waals surface area contributed by atoms with Crippen molar-refractivity contribution in [2.75, 3.05) is 30.8 Å². The third kappa shape index (κ3) is 5.06. The molecule has 1 amide bonds. The van der Waals surface area contributed by atoms with E-state index in [-0.39, 0.29) is 56.6 Å². The average molecular weight is 601 g/mol. The lowest BCUT2D eigenvalue weighted by Gasteiger charge is -2.40. The second-order valence-electron chi connectivity index (χ2n) is 9.49. The number of hydrogen-bond acceptors (Lipinski definition) is 8. The highest BCUT2D eigenvalue weighted by atomic mass is 35.5. The highest BCUT2D eigenvalue weighted by molar-refractivity contribution is 7.90. The van der Waals surface area contributed by atoms with Gasteiger partial charge in [-0.3, -0.25) is 9.78 Å². The van der Waals surface area contributed by atoms with Crippen LogP contribution in [0.5, 0.6) is 0 Å². The summed E-state index contributed by atoms with van der Waals surface area (Å²) in [6.07, 6.45) is 4.61. The Morgan fingerprint density at radius 3 is 2.51 bits per heavy atom. The van der Waals surface area contributed by atoms with E-state index in [0.29, 0.717) is 13.1 Å². The molecule has 1 fully saturated rings. The molecule has 14 heteroatoms. The summed E-state index contributed by atoms with van der Waals surface area (Å²) >= 11 is 6.55. The van der Waals surface area contributed by atoms with Gasteiger partial charge in [0.1, 0.15) is 17.5 Å². The number of pyridine rings is 2. The number of anilines is 1. The summed E-state index contributed by atoms with van der Waals surface area (Å²) in [4.78, 5) is 41.7. The summed E-state index contributed by atoms with van der Waals surface area (Å²) in [5.74, 6) is -1.94. The van der Waals surface area contributed by atoms with Gasteiger partial charge in [-0.1, -0.05) is 24.2 Å². The molecule has 1 aliphatic heterocycles. The van der Waals surface area contributed by atoms with Gasteiger partial charge in [0.2, 0.25) is 5.91 Å². The Kier molecular flexibility index (Phi) is 7.34. The molecule has 0 saturated carbocycles. The van der Waals surface area contributed by atoms with Crippen LogP contribution < -0.4 is 10.6 Å². The minimum Gasteiger partial charge on any atom is -0.350 e. The molecule has 3 aromatic heterocycles. The first-order chi connectivity index (χ1) is 19.4. The van der Waals surface area contributed by atoms with Gasteiger partial charge < -0.3 is 9.80 Å². The van der Waals surface area contributed by atoms with Crippen molar-refractivity contribution in [2.24, 2.45) is 0 Å². The van der Waals surface area contributed by atoms with Crippen molar-refractivity contribution in [2.45, 2.75) is 17.9 Å². The number of benzene rings is 1. The van der Waals surface area contributed by atoms with Gasteiger partial charge >= 0.3 is 5.69 Å². The van der Waals surface area contributed by atoms with Crippen molar-refractivity contribution in [1.29, 1.82) is 0 Å². The maximum Gasteiger partial charge on any atom is 0.355 e. The molecule has 0 spiro atoms. The van der Waals surface area contributed by atoms with E-state index in [9.17, 15) is 26.8 Å². The normalized spacial score (nSPS) is 15.8. The van der Waals surface area contributed by atoms with Gasteiger partial charge in [-0.2, -0.15) is 4.98 Å². The Labute approximate surface area is 238 Å². The van der Waals surface area contributed by atoms with Crippen LogP contribution in [0.2, 0.25) is 5.02 Å². The van der Waals surface area contributed by atoms with Crippen LogP contribution in [0.4, 0.5) is 14.6 Å². The summed E-state index contributed by atoms with van der Waals surface area (Å²) in [5, 5.41) is 0.0890. The molecular formula is C27H23ClF2N6O4S. The van der Waals surface area contributed by atoms with E-state index in [1.54, 1.807) is 9.80 Å². The van der Waals surface area contributed by atoms with E-state index < -0.39 is 32.7 Å². The Morgan fingerprint density at radius 1 is 1.17 bits per heavy atom. The van der Waals surface area contributed by atoms with Crippen LogP contribution in [-0.4, -0.2) is 70.7 Å². The first kappa shape index (κ1) is 28.3. The van der Waals surface area contributed by atoms with E-state index >= 15 is 0 Å². The zero-order valence-corrected chi connectivity index (χ0v) is 23.5. The maximum absolute atomic E-state index is 14.8. The number of rotatable bonds is 5. The third-order valence-electron chi connectivity index (χ3n) is 6.79. The molecule has 1 saturated heterocycles. The number of carbonyl (C=O) groups is 1. The summed E-state index contributed by atoms with van der Waals surface area (Å²) < 4.78 is 55.8. The molecular weight excluding hydrogens is 578 g/mol. The number of halogens is 3. The van der Waals surface area contributed by atoms with Gasteiger partial charge in [0, 0.05) is 38.1 Å². The molecule has 1 atom stereocenters. The maximum atomic E-state index is 14.8. The number of sulfone groups is 1. The van der Waals surface area contributed by atoms with Crippen LogP contribution in [0.3, 0.4) is 0 Å². The monoisotopic (exact) mass is 600 g/mol. The number of nitrogens with zero attached hydrogens (tertiary/aromatic N) is 6. The highest BCUT2D eigenvalue weighted by Gasteiger charge is 2.31. The van der Waals surface area contributed by atoms with Crippen molar-refractivity contribution < 1.29 is 22.0 Å². The van der Waals surface area contributed by atoms with Crippen molar-refractivity contribution in [3.63, 3.8) is 0 Å². The molecule has 5 rings (SSSR count). The Morgan fingerprint density at radius 2 is 1.88 bits per heavy atom. The summed E-state index contributed by atoms with van der Waals surface area (Å²) in [5.41, 5.74) is -2.00. The number of hydrogen-bond donors (Lipinski definition) is 0. The third-order valence-corrected chi connectivity index (χ3v) is 8.22. The Hall–Kier alpha value is -4.23. The van der Waals surface area contributed by atoms with Gasteiger partial charge in [0.15, 0.2) is 15.5 Å². The van der Waals surface area contributed by atoms with Gasteiger partial charge in [-0.25, -0.2) is 31.5 Å². The molecule has 212 valence electrons. The quantitative estimate of drug-likeness (QED) is 0.320. The first-order valence-electron chi connectivity index (χ1n) is 12.3. The molecule has 41 heavy (non-hydrogen) atoms. The minimum atomic E-state index is -3.86. The van der Waals surface area contributed by atoms with Crippen LogP contribution in [0.1, 0.15) is 6.92 Å². The van der Waals surface area contributed by atoms with E-state index in [1.165, 1.54) is 36.7 Å². The van der Waals surface area contributed by atoms with E-state index in [0.717, 1.165) is 23.0 Å². The van der Waals surface area contributed by atoms with Gasteiger partial charge in [-0.05, 0) is 37.3 Å². The van der Waals surface area contributed by atoms with E-state index in [1.807, 2.05) is 6.92 Å². The number of amides is 1.